The van der Waals surface area contributed by atoms with Crippen molar-refractivity contribution in [2.24, 2.45) is 0 Å². The number of nitrogens with two attached hydrogens (primary N) is 1. The maximum absolute atomic E-state index is 9.02. The van der Waals surface area contributed by atoms with Gasteiger partial charge in [0.2, 0.25) is 0 Å². The van der Waals surface area contributed by atoms with Crippen molar-refractivity contribution in [3.05, 3.63) is 41.6 Å². The number of methoxy groups -OCH3 is 1. The Morgan fingerprint density at radius 1 is 1.35 bits per heavy atom. The van der Waals surface area contributed by atoms with Gasteiger partial charge in [0.15, 0.2) is 0 Å². The highest BCUT2D eigenvalue weighted by atomic mass is 16.5. The topological polar surface area (TPSA) is 73.3 Å². The van der Waals surface area contributed by atoms with Crippen molar-refractivity contribution in [2.75, 3.05) is 12.8 Å². The van der Waals surface area contributed by atoms with Crippen molar-refractivity contribution < 1.29 is 9.84 Å². The fourth-order valence-corrected chi connectivity index (χ4v) is 1.59. The fraction of sp³-hybridized carbons (Fsp3) is 0.250. The highest BCUT2D eigenvalue weighted by molar-refractivity contribution is 5.39. The molecule has 2 rings (SSSR count). The van der Waals surface area contributed by atoms with Crippen LogP contribution in [0.25, 0.3) is 0 Å². The zero-order chi connectivity index (χ0) is 12.3. The molecular weight excluding hydrogens is 218 g/mol. The summed E-state index contributed by atoms with van der Waals surface area (Å²) in [6, 6.07) is 7.70. The van der Waals surface area contributed by atoms with Gasteiger partial charge >= 0.3 is 0 Å². The van der Waals surface area contributed by atoms with E-state index in [0.29, 0.717) is 17.9 Å². The molecule has 0 aliphatic carbocycles. The standard InChI is InChI=1S/C12H15N3O2/c1-17-11-4-2-9(3-5-11)7-15-12(13)10(8-16)6-14-15/h2-6,16H,7-8,13H2,1H3. The third-order valence-electron chi connectivity index (χ3n) is 2.62. The second-order valence-corrected chi connectivity index (χ2v) is 3.72. The number of rotatable bonds is 4. The van der Waals surface area contributed by atoms with Crippen LogP contribution in [0.5, 0.6) is 5.75 Å². The van der Waals surface area contributed by atoms with Gasteiger partial charge in [-0.3, -0.25) is 0 Å². The smallest absolute Gasteiger partial charge is 0.127 e. The highest BCUT2D eigenvalue weighted by Gasteiger charge is 2.06. The van der Waals surface area contributed by atoms with Crippen LogP contribution in [0.3, 0.4) is 0 Å². The molecule has 90 valence electrons. The van der Waals surface area contributed by atoms with E-state index in [9.17, 15) is 0 Å². The van der Waals surface area contributed by atoms with Gasteiger partial charge in [-0.15, -0.1) is 0 Å². The Hall–Kier alpha value is -2.01. The Labute approximate surface area is 99.4 Å². The van der Waals surface area contributed by atoms with Gasteiger partial charge in [-0.2, -0.15) is 5.10 Å². The van der Waals surface area contributed by atoms with Gasteiger partial charge in [-0.05, 0) is 17.7 Å². The summed E-state index contributed by atoms with van der Waals surface area (Å²) in [6.45, 7) is 0.490. The number of benzene rings is 1. The zero-order valence-electron chi connectivity index (χ0n) is 9.63. The molecule has 17 heavy (non-hydrogen) atoms. The summed E-state index contributed by atoms with van der Waals surface area (Å²) >= 11 is 0. The van der Waals surface area contributed by atoms with Crippen LogP contribution in [0, 0.1) is 0 Å². The molecule has 2 aromatic rings. The molecule has 1 aromatic carbocycles. The van der Waals surface area contributed by atoms with Crippen LogP contribution in [0.15, 0.2) is 30.5 Å². The second-order valence-electron chi connectivity index (χ2n) is 3.72. The molecule has 0 amide bonds. The van der Waals surface area contributed by atoms with Crippen LogP contribution in [-0.4, -0.2) is 22.0 Å². The Morgan fingerprint density at radius 2 is 2.06 bits per heavy atom. The number of hydrogen-bond donors (Lipinski definition) is 2. The van der Waals surface area contributed by atoms with Crippen LogP contribution < -0.4 is 10.5 Å². The summed E-state index contributed by atoms with van der Waals surface area (Å²) < 4.78 is 6.74. The number of nitrogen functional groups attached to an aromatic ring is 1. The Kier molecular flexibility index (Phi) is 3.30. The summed E-state index contributed by atoms with van der Waals surface area (Å²) in [6.07, 6.45) is 1.58. The zero-order valence-corrected chi connectivity index (χ0v) is 9.63. The predicted octanol–water partition coefficient (Wildman–Crippen LogP) is 1.01. The molecule has 1 heterocycles. The Morgan fingerprint density at radius 3 is 2.59 bits per heavy atom. The molecule has 0 bridgehead atoms. The van der Waals surface area contributed by atoms with Gasteiger partial charge in [-0.25, -0.2) is 4.68 Å². The second kappa shape index (κ2) is 4.88. The molecule has 0 saturated heterocycles. The quantitative estimate of drug-likeness (QED) is 0.826. The van der Waals surface area contributed by atoms with Crippen molar-refractivity contribution in [3.8, 4) is 5.75 Å². The summed E-state index contributed by atoms with van der Waals surface area (Å²) in [4.78, 5) is 0. The minimum Gasteiger partial charge on any atom is -0.497 e. The van der Waals surface area contributed by atoms with Gasteiger partial charge < -0.3 is 15.6 Å². The first kappa shape index (κ1) is 11.5. The number of ether oxygens (including phenoxy) is 1. The Balaban J connectivity index is 2.16. The monoisotopic (exact) mass is 233 g/mol. The Bertz CT molecular complexity index is 491. The normalized spacial score (nSPS) is 10.5. The van der Waals surface area contributed by atoms with Gasteiger partial charge in [0.1, 0.15) is 11.6 Å². The van der Waals surface area contributed by atoms with E-state index in [1.54, 1.807) is 18.0 Å². The van der Waals surface area contributed by atoms with Crippen molar-refractivity contribution in [2.45, 2.75) is 13.2 Å². The van der Waals surface area contributed by atoms with Gasteiger partial charge in [0.25, 0.3) is 0 Å². The van der Waals surface area contributed by atoms with E-state index in [1.165, 1.54) is 0 Å². The van der Waals surface area contributed by atoms with E-state index in [1.807, 2.05) is 24.3 Å². The van der Waals surface area contributed by atoms with Crippen LogP contribution in [0.1, 0.15) is 11.1 Å². The number of aromatic nitrogens is 2. The van der Waals surface area contributed by atoms with E-state index in [-0.39, 0.29) is 6.61 Å². The lowest BCUT2D eigenvalue weighted by Gasteiger charge is -2.06. The molecule has 0 saturated carbocycles. The molecule has 0 unspecified atom stereocenters. The molecule has 5 nitrogen and oxygen atoms in total. The summed E-state index contributed by atoms with van der Waals surface area (Å²) in [7, 11) is 1.63. The van der Waals surface area contributed by atoms with Crippen LogP contribution in [0.4, 0.5) is 5.82 Å². The molecule has 0 atom stereocenters. The van der Waals surface area contributed by atoms with Crippen molar-refractivity contribution in [1.29, 1.82) is 0 Å². The van der Waals surface area contributed by atoms with E-state index in [4.69, 9.17) is 15.6 Å². The van der Waals surface area contributed by atoms with E-state index >= 15 is 0 Å². The molecule has 0 aliphatic heterocycles. The highest BCUT2D eigenvalue weighted by Crippen LogP contribution is 2.15. The van der Waals surface area contributed by atoms with Gasteiger partial charge in [-0.1, -0.05) is 12.1 Å². The number of hydrogen-bond acceptors (Lipinski definition) is 4. The maximum atomic E-state index is 9.02. The summed E-state index contributed by atoms with van der Waals surface area (Å²) in [5.74, 6) is 1.32. The van der Waals surface area contributed by atoms with E-state index in [2.05, 4.69) is 5.10 Å². The SMILES string of the molecule is COc1ccc(Cn2ncc(CO)c2N)cc1. The third-order valence-corrected chi connectivity index (χ3v) is 2.62. The predicted molar refractivity (Wildman–Crippen MR) is 64.7 cm³/mol. The first-order chi connectivity index (χ1) is 8.24. The van der Waals surface area contributed by atoms with Crippen LogP contribution in [-0.2, 0) is 13.2 Å². The van der Waals surface area contributed by atoms with E-state index in [0.717, 1.165) is 11.3 Å². The molecule has 0 fully saturated rings. The maximum Gasteiger partial charge on any atom is 0.127 e. The van der Waals surface area contributed by atoms with Crippen LogP contribution in [0.2, 0.25) is 0 Å². The van der Waals surface area contributed by atoms with Gasteiger partial charge in [0, 0.05) is 5.56 Å². The third kappa shape index (κ3) is 2.39. The number of anilines is 1. The number of aliphatic hydroxyl groups excluding tert-OH is 1. The fourth-order valence-electron chi connectivity index (χ4n) is 1.59. The minimum atomic E-state index is -0.0888. The molecule has 1 aromatic heterocycles. The first-order valence-corrected chi connectivity index (χ1v) is 5.28. The average molecular weight is 233 g/mol. The molecule has 0 radical (unpaired) electrons. The average Bonchev–Trinajstić information content (AvgIpc) is 2.71. The lowest BCUT2D eigenvalue weighted by Crippen LogP contribution is -2.06. The van der Waals surface area contributed by atoms with Crippen molar-refractivity contribution in [1.82, 2.24) is 9.78 Å². The molecule has 0 aliphatic rings. The first-order valence-electron chi connectivity index (χ1n) is 5.28. The van der Waals surface area contributed by atoms with Gasteiger partial charge in [0.05, 0.1) is 26.5 Å². The largest absolute Gasteiger partial charge is 0.497 e. The molecule has 0 spiro atoms. The number of aliphatic hydroxyl groups is 1. The lowest BCUT2D eigenvalue weighted by molar-refractivity contribution is 0.282. The molecule has 5 heteroatoms. The van der Waals surface area contributed by atoms with Crippen molar-refractivity contribution >= 4 is 5.82 Å². The van der Waals surface area contributed by atoms with E-state index < -0.39 is 0 Å². The summed E-state index contributed by atoms with van der Waals surface area (Å²) in [5, 5.41) is 13.1. The summed E-state index contributed by atoms with van der Waals surface area (Å²) in [5.41, 5.74) is 7.56. The van der Waals surface area contributed by atoms with Crippen LogP contribution >= 0.6 is 0 Å². The molecular formula is C12H15N3O2. The number of nitrogens with zero attached hydrogens (tertiary/aromatic N) is 2. The molecule has 3 N–H and O–H groups in total. The minimum absolute atomic E-state index is 0.0888. The lowest BCUT2D eigenvalue weighted by atomic mass is 10.2. The van der Waals surface area contributed by atoms with Crippen molar-refractivity contribution in [3.63, 3.8) is 0 Å².